The molecule has 3 heteroatoms. The molecule has 0 radical (unpaired) electrons. The summed E-state index contributed by atoms with van der Waals surface area (Å²) in [5.74, 6) is 0.598. The summed E-state index contributed by atoms with van der Waals surface area (Å²) in [6.07, 6.45) is -0.556. The van der Waals surface area contributed by atoms with Gasteiger partial charge in [-0.05, 0) is 80.0 Å². The average Bonchev–Trinajstić information content (AvgIpc) is 2.57. The van der Waals surface area contributed by atoms with Crippen LogP contribution in [0.4, 0.5) is 0 Å². The Balaban J connectivity index is 2.02. The van der Waals surface area contributed by atoms with Crippen molar-refractivity contribution in [3.05, 3.63) is 64.2 Å². The number of hydrogen-bond acceptors (Lipinski definition) is 2. The average molecular weight is 368 g/mol. The Morgan fingerprint density at radius 2 is 1.48 bits per heavy atom. The molecule has 3 nitrogen and oxygen atoms in total. The summed E-state index contributed by atoms with van der Waals surface area (Å²) in [4.78, 5) is 12.6. The van der Waals surface area contributed by atoms with Crippen LogP contribution >= 0.6 is 0 Å². The quantitative estimate of drug-likeness (QED) is 0.752. The first-order valence-electron chi connectivity index (χ1n) is 9.64. The van der Waals surface area contributed by atoms with E-state index in [1.807, 2.05) is 19.1 Å². The molecule has 27 heavy (non-hydrogen) atoms. The minimum atomic E-state index is -0.556. The van der Waals surface area contributed by atoms with E-state index in [1.54, 1.807) is 6.92 Å². The van der Waals surface area contributed by atoms with Crippen molar-refractivity contribution in [1.29, 1.82) is 0 Å². The molecule has 1 amide bonds. The number of carbonyl (C=O) groups is 1. The summed E-state index contributed by atoms with van der Waals surface area (Å²) >= 11 is 0. The van der Waals surface area contributed by atoms with E-state index in [9.17, 15) is 4.79 Å². The van der Waals surface area contributed by atoms with Crippen LogP contribution < -0.4 is 10.1 Å². The van der Waals surface area contributed by atoms with E-state index in [4.69, 9.17) is 4.74 Å². The lowest BCUT2D eigenvalue weighted by atomic mass is 9.87. The van der Waals surface area contributed by atoms with Crippen LogP contribution in [-0.4, -0.2) is 12.0 Å². The van der Waals surface area contributed by atoms with Gasteiger partial charge in [0.05, 0.1) is 6.04 Å². The van der Waals surface area contributed by atoms with E-state index in [-0.39, 0.29) is 17.4 Å². The van der Waals surface area contributed by atoms with Gasteiger partial charge in [0, 0.05) is 0 Å². The number of ether oxygens (including phenoxy) is 1. The van der Waals surface area contributed by atoms with Crippen LogP contribution in [0.2, 0.25) is 0 Å². The van der Waals surface area contributed by atoms with Gasteiger partial charge in [0.2, 0.25) is 0 Å². The number of benzene rings is 2. The number of nitrogens with one attached hydrogen (secondary N) is 1. The molecule has 0 fully saturated rings. The fourth-order valence-corrected chi connectivity index (χ4v) is 3.15. The third-order valence-electron chi connectivity index (χ3n) is 5.11. The molecular weight excluding hydrogens is 334 g/mol. The fourth-order valence-electron chi connectivity index (χ4n) is 3.15. The molecule has 1 N–H and O–H groups in total. The molecule has 2 aromatic rings. The van der Waals surface area contributed by atoms with Gasteiger partial charge in [-0.15, -0.1) is 0 Å². The molecule has 0 bridgehead atoms. The smallest absolute Gasteiger partial charge is 0.261 e. The molecule has 2 aromatic carbocycles. The number of rotatable bonds is 5. The van der Waals surface area contributed by atoms with E-state index < -0.39 is 6.10 Å². The van der Waals surface area contributed by atoms with Gasteiger partial charge in [-0.1, -0.05) is 45.0 Å². The van der Waals surface area contributed by atoms with Crippen molar-refractivity contribution in [3.63, 3.8) is 0 Å². The summed E-state index contributed by atoms with van der Waals surface area (Å²) < 4.78 is 5.84. The zero-order chi connectivity index (χ0) is 20.4. The van der Waals surface area contributed by atoms with Gasteiger partial charge in [-0.3, -0.25) is 4.79 Å². The number of hydrogen-bond donors (Lipinski definition) is 1. The molecule has 0 saturated heterocycles. The zero-order valence-electron chi connectivity index (χ0n) is 17.9. The summed E-state index contributed by atoms with van der Waals surface area (Å²) in [5.41, 5.74) is 6.18. The number of carbonyl (C=O) groups excluding carboxylic acids is 1. The molecule has 0 aliphatic carbocycles. The van der Waals surface area contributed by atoms with Crippen molar-refractivity contribution in [1.82, 2.24) is 5.32 Å². The normalized spacial score (nSPS) is 13.8. The second-order valence-corrected chi connectivity index (χ2v) is 8.56. The topological polar surface area (TPSA) is 38.3 Å². The Kier molecular flexibility index (Phi) is 6.35. The minimum absolute atomic E-state index is 0.0638. The van der Waals surface area contributed by atoms with E-state index in [0.29, 0.717) is 5.75 Å². The van der Waals surface area contributed by atoms with Gasteiger partial charge in [-0.2, -0.15) is 0 Å². The first-order chi connectivity index (χ1) is 12.5. The number of aryl methyl sites for hydroxylation is 3. The van der Waals surface area contributed by atoms with Gasteiger partial charge in [0.1, 0.15) is 5.75 Å². The van der Waals surface area contributed by atoms with Crippen LogP contribution in [0.25, 0.3) is 0 Å². The first-order valence-corrected chi connectivity index (χ1v) is 9.64. The van der Waals surface area contributed by atoms with Gasteiger partial charge in [0.15, 0.2) is 6.10 Å². The number of amides is 1. The van der Waals surface area contributed by atoms with Crippen molar-refractivity contribution >= 4 is 5.91 Å². The van der Waals surface area contributed by atoms with Gasteiger partial charge >= 0.3 is 0 Å². The Morgan fingerprint density at radius 1 is 0.926 bits per heavy atom. The van der Waals surface area contributed by atoms with Crippen molar-refractivity contribution in [2.24, 2.45) is 0 Å². The summed E-state index contributed by atoms with van der Waals surface area (Å²) in [7, 11) is 0. The third kappa shape index (κ3) is 5.35. The Labute approximate surface area is 164 Å². The van der Waals surface area contributed by atoms with Crippen molar-refractivity contribution in [2.45, 2.75) is 73.0 Å². The molecule has 0 spiro atoms. The Bertz CT molecular complexity index is 800. The highest BCUT2D eigenvalue weighted by atomic mass is 16.5. The highest BCUT2D eigenvalue weighted by Crippen LogP contribution is 2.25. The highest BCUT2D eigenvalue weighted by Gasteiger charge is 2.20. The highest BCUT2D eigenvalue weighted by molar-refractivity contribution is 5.81. The SMILES string of the molecule is Cc1cc(C)c(C(C)NC(=O)C(C)Oc2ccc(C(C)(C)C)cc2)cc1C. The van der Waals surface area contributed by atoms with Crippen LogP contribution in [0.5, 0.6) is 5.75 Å². The Morgan fingerprint density at radius 3 is 2.04 bits per heavy atom. The predicted octanol–water partition coefficient (Wildman–Crippen LogP) is 5.55. The standard InChI is InChI=1S/C24H33NO2/c1-15-13-17(3)22(14-16(15)2)18(4)25-23(26)19(5)27-21-11-9-20(10-12-21)24(6,7)8/h9-14,18-19H,1-8H3,(H,25,26). The van der Waals surface area contributed by atoms with E-state index in [2.05, 4.69) is 71.1 Å². The lowest BCUT2D eigenvalue weighted by Crippen LogP contribution is -2.38. The van der Waals surface area contributed by atoms with Crippen LogP contribution in [0, 0.1) is 20.8 Å². The third-order valence-corrected chi connectivity index (χ3v) is 5.11. The van der Waals surface area contributed by atoms with Crippen molar-refractivity contribution in [2.75, 3.05) is 0 Å². The summed E-state index contributed by atoms with van der Waals surface area (Å²) in [5, 5.41) is 3.08. The second-order valence-electron chi connectivity index (χ2n) is 8.56. The molecular formula is C24H33NO2. The summed E-state index contributed by atoms with van der Waals surface area (Å²) in [6.45, 7) is 16.6. The molecule has 2 unspecified atom stereocenters. The monoisotopic (exact) mass is 367 g/mol. The Hall–Kier alpha value is -2.29. The fraction of sp³-hybridized carbons (Fsp3) is 0.458. The van der Waals surface area contributed by atoms with Crippen LogP contribution in [-0.2, 0) is 10.2 Å². The van der Waals surface area contributed by atoms with E-state index in [0.717, 1.165) is 5.56 Å². The largest absolute Gasteiger partial charge is 0.481 e. The molecule has 146 valence electrons. The predicted molar refractivity (Wildman–Crippen MR) is 112 cm³/mol. The first kappa shape index (κ1) is 21.0. The molecule has 0 heterocycles. The van der Waals surface area contributed by atoms with Crippen LogP contribution in [0.3, 0.4) is 0 Å². The summed E-state index contributed by atoms with van der Waals surface area (Å²) in [6, 6.07) is 12.2. The maximum atomic E-state index is 12.6. The van der Waals surface area contributed by atoms with E-state index >= 15 is 0 Å². The van der Waals surface area contributed by atoms with Gasteiger partial charge < -0.3 is 10.1 Å². The lowest BCUT2D eigenvalue weighted by Gasteiger charge is -2.22. The molecule has 2 rings (SSSR count). The van der Waals surface area contributed by atoms with Gasteiger partial charge in [-0.25, -0.2) is 0 Å². The maximum Gasteiger partial charge on any atom is 0.261 e. The maximum absolute atomic E-state index is 12.6. The second kappa shape index (κ2) is 8.16. The van der Waals surface area contributed by atoms with Crippen LogP contribution in [0.15, 0.2) is 36.4 Å². The lowest BCUT2D eigenvalue weighted by molar-refractivity contribution is -0.127. The molecule has 0 aliphatic rings. The molecule has 0 aliphatic heterocycles. The minimum Gasteiger partial charge on any atom is -0.481 e. The van der Waals surface area contributed by atoms with Crippen molar-refractivity contribution < 1.29 is 9.53 Å². The van der Waals surface area contributed by atoms with E-state index in [1.165, 1.54) is 22.3 Å². The molecule has 2 atom stereocenters. The zero-order valence-corrected chi connectivity index (χ0v) is 17.9. The van der Waals surface area contributed by atoms with Gasteiger partial charge in [0.25, 0.3) is 5.91 Å². The van der Waals surface area contributed by atoms with Crippen LogP contribution in [0.1, 0.15) is 68.5 Å². The molecule has 0 saturated carbocycles. The molecule has 0 aromatic heterocycles. The van der Waals surface area contributed by atoms with Crippen molar-refractivity contribution in [3.8, 4) is 5.75 Å².